The topological polar surface area (TPSA) is 61.7 Å². The Bertz CT molecular complexity index is 728. The van der Waals surface area contributed by atoms with Gasteiger partial charge in [-0.15, -0.1) is 5.10 Å². The molecule has 19 heavy (non-hydrogen) atoms. The number of fused-ring (bicyclic) bond motifs is 1. The van der Waals surface area contributed by atoms with Crippen LogP contribution in [0.2, 0.25) is 5.02 Å². The van der Waals surface area contributed by atoms with Crippen LogP contribution in [0.25, 0.3) is 10.9 Å². The molecule has 0 saturated heterocycles. The third kappa shape index (κ3) is 2.22. The standard InChI is InChI=1S/C13H14ClN5/c1-18-7-11(16-17-18)8-19-6-9(5-15)12-3-2-10(14)4-13(12)19/h2-4,6-7H,5,8,15H2,1H3. The Morgan fingerprint density at radius 3 is 2.84 bits per heavy atom. The quantitative estimate of drug-likeness (QED) is 0.794. The average Bonchev–Trinajstić information content (AvgIpc) is 2.94. The summed E-state index contributed by atoms with van der Waals surface area (Å²) in [6, 6.07) is 5.84. The van der Waals surface area contributed by atoms with Crippen LogP contribution >= 0.6 is 11.6 Å². The lowest BCUT2D eigenvalue weighted by molar-refractivity contribution is 0.710. The molecule has 0 bridgehead atoms. The van der Waals surface area contributed by atoms with Crippen molar-refractivity contribution in [1.82, 2.24) is 19.6 Å². The Kier molecular flexibility index (Phi) is 3.00. The van der Waals surface area contributed by atoms with Crippen molar-refractivity contribution < 1.29 is 0 Å². The number of rotatable bonds is 3. The molecule has 2 aromatic heterocycles. The van der Waals surface area contributed by atoms with E-state index in [0.717, 1.165) is 27.2 Å². The van der Waals surface area contributed by atoms with Gasteiger partial charge >= 0.3 is 0 Å². The lowest BCUT2D eigenvalue weighted by Crippen LogP contribution is -1.99. The van der Waals surface area contributed by atoms with Gasteiger partial charge in [0.25, 0.3) is 0 Å². The number of hydrogen-bond acceptors (Lipinski definition) is 3. The number of nitrogens with two attached hydrogens (primary N) is 1. The Morgan fingerprint density at radius 1 is 1.32 bits per heavy atom. The van der Waals surface area contributed by atoms with Crippen molar-refractivity contribution in [2.24, 2.45) is 12.8 Å². The molecule has 0 aliphatic heterocycles. The van der Waals surface area contributed by atoms with E-state index in [1.54, 1.807) is 4.68 Å². The molecule has 5 nitrogen and oxygen atoms in total. The summed E-state index contributed by atoms with van der Waals surface area (Å²) in [6.45, 7) is 1.16. The number of nitrogens with zero attached hydrogens (tertiary/aromatic N) is 4. The second kappa shape index (κ2) is 4.68. The number of aryl methyl sites for hydroxylation is 1. The lowest BCUT2D eigenvalue weighted by atomic mass is 10.2. The summed E-state index contributed by atoms with van der Waals surface area (Å²) in [5.74, 6) is 0. The highest BCUT2D eigenvalue weighted by atomic mass is 35.5. The summed E-state index contributed by atoms with van der Waals surface area (Å²) in [5, 5.41) is 9.90. The average molecular weight is 276 g/mol. The van der Waals surface area contributed by atoms with E-state index in [1.165, 1.54) is 0 Å². The highest BCUT2D eigenvalue weighted by Crippen LogP contribution is 2.25. The van der Waals surface area contributed by atoms with Crippen LogP contribution in [0.15, 0.2) is 30.6 Å². The Labute approximate surface area is 115 Å². The molecule has 0 spiro atoms. The summed E-state index contributed by atoms with van der Waals surface area (Å²) in [6.07, 6.45) is 3.95. The van der Waals surface area contributed by atoms with E-state index in [9.17, 15) is 0 Å². The molecule has 0 fully saturated rings. The molecule has 0 radical (unpaired) electrons. The van der Waals surface area contributed by atoms with E-state index >= 15 is 0 Å². The molecular formula is C13H14ClN5. The van der Waals surface area contributed by atoms with Crippen molar-refractivity contribution >= 4 is 22.5 Å². The van der Waals surface area contributed by atoms with Crippen LogP contribution in [0.4, 0.5) is 0 Å². The maximum Gasteiger partial charge on any atom is 0.102 e. The van der Waals surface area contributed by atoms with E-state index in [-0.39, 0.29) is 0 Å². The minimum atomic E-state index is 0.506. The fourth-order valence-corrected chi connectivity index (χ4v) is 2.44. The third-order valence-corrected chi connectivity index (χ3v) is 3.36. The molecule has 1 aromatic carbocycles. The molecule has 0 atom stereocenters. The maximum absolute atomic E-state index is 6.07. The highest BCUT2D eigenvalue weighted by molar-refractivity contribution is 6.31. The Balaban J connectivity index is 2.09. The number of benzene rings is 1. The zero-order valence-electron chi connectivity index (χ0n) is 10.5. The minimum absolute atomic E-state index is 0.506. The third-order valence-electron chi connectivity index (χ3n) is 3.13. The van der Waals surface area contributed by atoms with Crippen molar-refractivity contribution in [3.63, 3.8) is 0 Å². The molecule has 0 aliphatic carbocycles. The van der Waals surface area contributed by atoms with Gasteiger partial charge < -0.3 is 10.3 Å². The second-order valence-corrected chi connectivity index (χ2v) is 4.97. The van der Waals surface area contributed by atoms with E-state index in [4.69, 9.17) is 17.3 Å². The normalized spacial score (nSPS) is 11.3. The first-order chi connectivity index (χ1) is 9.17. The number of halogens is 1. The number of hydrogen-bond donors (Lipinski definition) is 1. The zero-order chi connectivity index (χ0) is 13.4. The van der Waals surface area contributed by atoms with Gasteiger partial charge in [0.05, 0.1) is 12.1 Å². The Morgan fingerprint density at radius 2 is 2.16 bits per heavy atom. The highest BCUT2D eigenvalue weighted by Gasteiger charge is 2.09. The van der Waals surface area contributed by atoms with Crippen LogP contribution < -0.4 is 5.73 Å². The van der Waals surface area contributed by atoms with Crippen molar-refractivity contribution in [3.05, 3.63) is 46.9 Å². The molecule has 0 aliphatic rings. The van der Waals surface area contributed by atoms with E-state index in [0.29, 0.717) is 13.1 Å². The van der Waals surface area contributed by atoms with Crippen LogP contribution in [0.3, 0.4) is 0 Å². The molecule has 98 valence electrons. The van der Waals surface area contributed by atoms with Gasteiger partial charge in [-0.2, -0.15) is 0 Å². The first kappa shape index (κ1) is 12.2. The van der Waals surface area contributed by atoms with Gasteiger partial charge in [0.15, 0.2) is 0 Å². The van der Waals surface area contributed by atoms with E-state index < -0.39 is 0 Å². The van der Waals surface area contributed by atoms with Crippen LogP contribution in [0.5, 0.6) is 0 Å². The molecule has 2 N–H and O–H groups in total. The van der Waals surface area contributed by atoms with E-state index in [1.807, 2.05) is 31.4 Å². The summed E-state index contributed by atoms with van der Waals surface area (Å²) in [5.41, 5.74) is 8.87. The molecule has 0 saturated carbocycles. The molecule has 3 rings (SSSR count). The first-order valence-corrected chi connectivity index (χ1v) is 6.37. The number of aromatic nitrogens is 4. The maximum atomic E-state index is 6.07. The smallest absolute Gasteiger partial charge is 0.102 e. The van der Waals surface area contributed by atoms with Crippen molar-refractivity contribution in [3.8, 4) is 0 Å². The minimum Gasteiger partial charge on any atom is -0.341 e. The van der Waals surface area contributed by atoms with Crippen molar-refractivity contribution in [2.75, 3.05) is 0 Å². The molecule has 6 heteroatoms. The van der Waals surface area contributed by atoms with Gasteiger partial charge in [0.1, 0.15) is 5.69 Å². The zero-order valence-corrected chi connectivity index (χ0v) is 11.3. The summed E-state index contributed by atoms with van der Waals surface area (Å²) in [4.78, 5) is 0. The van der Waals surface area contributed by atoms with Crippen molar-refractivity contribution in [1.29, 1.82) is 0 Å². The second-order valence-electron chi connectivity index (χ2n) is 4.53. The Hall–Kier alpha value is -1.85. The van der Waals surface area contributed by atoms with Gasteiger partial charge in [-0.3, -0.25) is 4.68 Å². The molecular weight excluding hydrogens is 262 g/mol. The van der Waals surface area contributed by atoms with Gasteiger partial charge in [-0.05, 0) is 17.7 Å². The van der Waals surface area contributed by atoms with Crippen LogP contribution in [0, 0.1) is 0 Å². The van der Waals surface area contributed by atoms with Crippen LogP contribution in [-0.4, -0.2) is 19.6 Å². The molecule has 0 amide bonds. The predicted molar refractivity (Wildman–Crippen MR) is 74.9 cm³/mol. The van der Waals surface area contributed by atoms with Crippen molar-refractivity contribution in [2.45, 2.75) is 13.1 Å². The summed E-state index contributed by atoms with van der Waals surface area (Å²) in [7, 11) is 1.85. The molecule has 2 heterocycles. The van der Waals surface area contributed by atoms with E-state index in [2.05, 4.69) is 21.1 Å². The fraction of sp³-hybridized carbons (Fsp3) is 0.231. The van der Waals surface area contributed by atoms with Crippen LogP contribution in [0.1, 0.15) is 11.3 Å². The lowest BCUT2D eigenvalue weighted by Gasteiger charge is -2.02. The fourth-order valence-electron chi connectivity index (χ4n) is 2.28. The van der Waals surface area contributed by atoms with Gasteiger partial charge in [0, 0.05) is 36.4 Å². The summed E-state index contributed by atoms with van der Waals surface area (Å²) >= 11 is 6.07. The van der Waals surface area contributed by atoms with Crippen LogP contribution in [-0.2, 0) is 20.1 Å². The summed E-state index contributed by atoms with van der Waals surface area (Å²) < 4.78 is 3.80. The first-order valence-electron chi connectivity index (χ1n) is 6.00. The largest absolute Gasteiger partial charge is 0.341 e. The SMILES string of the molecule is Cn1cc(Cn2cc(CN)c3ccc(Cl)cc32)nn1. The van der Waals surface area contributed by atoms with Gasteiger partial charge in [-0.25, -0.2) is 0 Å². The molecule has 3 aromatic rings. The van der Waals surface area contributed by atoms with Gasteiger partial charge in [-0.1, -0.05) is 22.9 Å². The van der Waals surface area contributed by atoms with Gasteiger partial charge in [0.2, 0.25) is 0 Å². The predicted octanol–water partition coefficient (Wildman–Crippen LogP) is 1.93. The monoisotopic (exact) mass is 275 g/mol. The molecule has 0 unspecified atom stereocenters.